The summed E-state index contributed by atoms with van der Waals surface area (Å²) in [5.74, 6) is 0.518. The summed E-state index contributed by atoms with van der Waals surface area (Å²) < 4.78 is 1.12. The number of thiophene rings is 1. The van der Waals surface area contributed by atoms with E-state index < -0.39 is 0 Å². The summed E-state index contributed by atoms with van der Waals surface area (Å²) in [5, 5.41) is 16.4. The van der Waals surface area contributed by atoms with E-state index in [1.807, 2.05) is 12.1 Å². The minimum Gasteiger partial charge on any atom is -0.347 e. The molecule has 2 rings (SSSR count). The van der Waals surface area contributed by atoms with Gasteiger partial charge in [0.15, 0.2) is 0 Å². The van der Waals surface area contributed by atoms with Crippen molar-refractivity contribution in [3.8, 4) is 0 Å². The number of nitrogens with one attached hydrogen (secondary N) is 2. The average Bonchev–Trinajstić information content (AvgIpc) is 2.71. The average molecular weight is 260 g/mol. The normalized spacial score (nSPS) is 10.2. The van der Waals surface area contributed by atoms with Crippen LogP contribution in [0.4, 0.5) is 5.95 Å². The molecule has 2 aromatic rings. The summed E-state index contributed by atoms with van der Waals surface area (Å²) in [6, 6.07) is 4.06. The lowest BCUT2D eigenvalue weighted by Crippen LogP contribution is -1.98. The maximum Gasteiger partial charge on any atom is 0.263 e. The second-order valence-corrected chi connectivity index (χ2v) is 4.84. The third-order valence-corrected chi connectivity index (χ3v) is 3.02. The number of rotatable bonds is 3. The van der Waals surface area contributed by atoms with E-state index in [4.69, 9.17) is 0 Å². The Hall–Kier alpha value is -0.950. The fourth-order valence-electron chi connectivity index (χ4n) is 0.850. The van der Waals surface area contributed by atoms with Crippen LogP contribution in [0.1, 0.15) is 4.88 Å². The molecule has 0 amide bonds. The predicted octanol–water partition coefficient (Wildman–Crippen LogP) is 1.64. The fraction of sp³-hybridized carbons (Fsp3) is 0.167. The highest BCUT2D eigenvalue weighted by atomic mass is 79.9. The van der Waals surface area contributed by atoms with Crippen LogP contribution in [0.25, 0.3) is 0 Å². The number of aromatic nitrogens is 4. The van der Waals surface area contributed by atoms with Crippen LogP contribution in [0.15, 0.2) is 15.9 Å². The van der Waals surface area contributed by atoms with Crippen molar-refractivity contribution in [1.29, 1.82) is 0 Å². The Labute approximate surface area is 86.7 Å². The predicted molar refractivity (Wildman–Crippen MR) is 53.5 cm³/mol. The summed E-state index contributed by atoms with van der Waals surface area (Å²) >= 11 is 5.07. The van der Waals surface area contributed by atoms with Gasteiger partial charge in [0, 0.05) is 4.88 Å². The van der Waals surface area contributed by atoms with Gasteiger partial charge in [0.05, 0.1) is 10.3 Å². The summed E-state index contributed by atoms with van der Waals surface area (Å²) in [4.78, 5) is 1.22. The van der Waals surface area contributed by atoms with Crippen molar-refractivity contribution in [3.05, 3.63) is 20.8 Å². The Kier molecular flexibility index (Phi) is 2.55. The molecule has 0 spiro atoms. The molecule has 13 heavy (non-hydrogen) atoms. The smallest absolute Gasteiger partial charge is 0.263 e. The van der Waals surface area contributed by atoms with Crippen LogP contribution in [-0.4, -0.2) is 20.6 Å². The highest BCUT2D eigenvalue weighted by molar-refractivity contribution is 9.11. The molecule has 0 aliphatic heterocycles. The fourth-order valence-corrected chi connectivity index (χ4v) is 2.27. The van der Waals surface area contributed by atoms with Crippen LogP contribution in [0.2, 0.25) is 0 Å². The van der Waals surface area contributed by atoms with Crippen molar-refractivity contribution in [2.45, 2.75) is 6.54 Å². The molecule has 0 aliphatic rings. The largest absolute Gasteiger partial charge is 0.347 e. The first-order chi connectivity index (χ1) is 6.34. The second-order valence-electron chi connectivity index (χ2n) is 2.29. The molecule has 2 N–H and O–H groups in total. The molecular formula is C6H6BrN5S. The van der Waals surface area contributed by atoms with E-state index in [1.165, 1.54) is 4.88 Å². The lowest BCUT2D eigenvalue weighted by Gasteiger charge is -1.95. The first-order valence-corrected chi connectivity index (χ1v) is 5.17. The van der Waals surface area contributed by atoms with Gasteiger partial charge >= 0.3 is 0 Å². The molecule has 2 aromatic heterocycles. The van der Waals surface area contributed by atoms with Gasteiger partial charge in [-0.2, -0.15) is 5.21 Å². The molecule has 2 heterocycles. The molecule has 0 radical (unpaired) electrons. The van der Waals surface area contributed by atoms with Gasteiger partial charge in [0.2, 0.25) is 0 Å². The van der Waals surface area contributed by atoms with E-state index in [0.717, 1.165) is 10.3 Å². The quantitative estimate of drug-likeness (QED) is 0.880. The van der Waals surface area contributed by atoms with Crippen LogP contribution in [0, 0.1) is 0 Å². The second kappa shape index (κ2) is 3.84. The molecule has 0 fully saturated rings. The van der Waals surface area contributed by atoms with E-state index in [9.17, 15) is 0 Å². The SMILES string of the molecule is Brc1ccc(CNc2nn[nH]n2)s1. The summed E-state index contributed by atoms with van der Waals surface area (Å²) in [5.41, 5.74) is 0. The Morgan fingerprint density at radius 3 is 3.08 bits per heavy atom. The molecule has 0 aromatic carbocycles. The Morgan fingerprint density at radius 1 is 1.54 bits per heavy atom. The van der Waals surface area contributed by atoms with Crippen LogP contribution >= 0.6 is 27.3 Å². The number of tetrazole rings is 1. The number of aromatic amines is 1. The Bertz CT molecular complexity index is 370. The minimum absolute atomic E-state index is 0.518. The number of hydrogen-bond donors (Lipinski definition) is 2. The van der Waals surface area contributed by atoms with Crippen molar-refractivity contribution in [2.24, 2.45) is 0 Å². The van der Waals surface area contributed by atoms with Crippen LogP contribution in [-0.2, 0) is 6.54 Å². The van der Waals surface area contributed by atoms with Crippen LogP contribution in [0.5, 0.6) is 0 Å². The number of anilines is 1. The number of H-pyrrole nitrogens is 1. The van der Waals surface area contributed by atoms with E-state index in [2.05, 4.69) is 41.9 Å². The van der Waals surface area contributed by atoms with Gasteiger partial charge in [-0.1, -0.05) is 5.10 Å². The monoisotopic (exact) mass is 259 g/mol. The topological polar surface area (TPSA) is 66.5 Å². The molecule has 0 aliphatic carbocycles. The maximum absolute atomic E-state index is 3.77. The first kappa shape index (κ1) is 8.64. The van der Waals surface area contributed by atoms with Crippen molar-refractivity contribution in [3.63, 3.8) is 0 Å². The van der Waals surface area contributed by atoms with Gasteiger partial charge in [0.25, 0.3) is 5.95 Å². The molecule has 0 bridgehead atoms. The standard InChI is InChI=1S/C6H6BrN5S/c7-5-2-1-4(13-5)3-8-6-9-11-12-10-6/h1-2H,3H2,(H2,8,9,10,11,12). The van der Waals surface area contributed by atoms with Crippen molar-refractivity contribution in [1.82, 2.24) is 20.6 Å². The zero-order chi connectivity index (χ0) is 9.10. The lowest BCUT2D eigenvalue weighted by atomic mass is 10.5. The summed E-state index contributed by atoms with van der Waals surface area (Å²) in [6.45, 7) is 0.718. The lowest BCUT2D eigenvalue weighted by molar-refractivity contribution is 0.881. The van der Waals surface area contributed by atoms with Gasteiger partial charge in [-0.25, -0.2) is 0 Å². The highest BCUT2D eigenvalue weighted by Crippen LogP contribution is 2.22. The Morgan fingerprint density at radius 2 is 2.46 bits per heavy atom. The minimum atomic E-state index is 0.518. The van der Waals surface area contributed by atoms with Crippen molar-refractivity contribution in [2.75, 3.05) is 5.32 Å². The highest BCUT2D eigenvalue weighted by Gasteiger charge is 1.99. The molecular weight excluding hydrogens is 254 g/mol. The zero-order valence-electron chi connectivity index (χ0n) is 6.49. The van der Waals surface area contributed by atoms with E-state index in [0.29, 0.717) is 5.95 Å². The van der Waals surface area contributed by atoms with Crippen LogP contribution in [0.3, 0.4) is 0 Å². The molecule has 7 heteroatoms. The third kappa shape index (κ3) is 2.25. The zero-order valence-corrected chi connectivity index (χ0v) is 8.89. The Balaban J connectivity index is 1.93. The first-order valence-electron chi connectivity index (χ1n) is 3.56. The number of hydrogen-bond acceptors (Lipinski definition) is 5. The van der Waals surface area contributed by atoms with Gasteiger partial charge in [0.1, 0.15) is 0 Å². The van der Waals surface area contributed by atoms with E-state index in [-0.39, 0.29) is 0 Å². The summed E-state index contributed by atoms with van der Waals surface area (Å²) in [7, 11) is 0. The molecule has 0 saturated heterocycles. The van der Waals surface area contributed by atoms with Crippen LogP contribution < -0.4 is 5.32 Å². The molecule has 68 valence electrons. The number of halogens is 1. The van der Waals surface area contributed by atoms with E-state index in [1.54, 1.807) is 11.3 Å². The number of nitrogens with zero attached hydrogens (tertiary/aromatic N) is 3. The molecule has 0 saturated carbocycles. The van der Waals surface area contributed by atoms with Crippen molar-refractivity contribution < 1.29 is 0 Å². The van der Waals surface area contributed by atoms with Gasteiger partial charge in [-0.3, -0.25) is 0 Å². The summed E-state index contributed by atoms with van der Waals surface area (Å²) in [6.07, 6.45) is 0. The van der Waals surface area contributed by atoms with E-state index >= 15 is 0 Å². The molecule has 0 unspecified atom stereocenters. The molecule has 5 nitrogen and oxygen atoms in total. The molecule has 0 atom stereocenters. The van der Waals surface area contributed by atoms with Gasteiger partial charge in [-0.05, 0) is 33.3 Å². The maximum atomic E-state index is 3.77. The van der Waals surface area contributed by atoms with Gasteiger partial charge < -0.3 is 5.32 Å². The van der Waals surface area contributed by atoms with Gasteiger partial charge in [-0.15, -0.1) is 16.4 Å². The third-order valence-electron chi connectivity index (χ3n) is 1.39. The van der Waals surface area contributed by atoms with Crippen molar-refractivity contribution >= 4 is 33.2 Å².